The Balaban J connectivity index is 1.86. The van der Waals surface area contributed by atoms with Gasteiger partial charge in [0.25, 0.3) is 0 Å². The highest BCUT2D eigenvalue weighted by Gasteiger charge is 2.47. The molecule has 2 aliphatic rings. The van der Waals surface area contributed by atoms with Crippen LogP contribution in [0.1, 0.15) is 44.6 Å². The number of benzene rings is 1. The third-order valence-electron chi connectivity index (χ3n) is 5.26. The lowest BCUT2D eigenvalue weighted by Crippen LogP contribution is -2.51. The highest BCUT2D eigenvalue weighted by molar-refractivity contribution is 5.25. The maximum atomic E-state index is 6.96. The Morgan fingerprint density at radius 2 is 2.10 bits per heavy atom. The molecule has 2 heterocycles. The molecule has 0 bridgehead atoms. The predicted molar refractivity (Wildman–Crippen MR) is 84.1 cm³/mol. The summed E-state index contributed by atoms with van der Waals surface area (Å²) in [6, 6.07) is 10.6. The molecule has 2 aliphatic heterocycles. The van der Waals surface area contributed by atoms with Crippen LogP contribution in [0.15, 0.2) is 30.3 Å². The maximum Gasteiger partial charge on any atom is 0.0940 e. The Morgan fingerprint density at radius 3 is 2.76 bits per heavy atom. The minimum atomic E-state index is -0.241. The van der Waals surface area contributed by atoms with Crippen LogP contribution in [-0.4, -0.2) is 25.4 Å². The maximum absolute atomic E-state index is 6.96. The number of nitrogens with two attached hydrogens (primary N) is 1. The standard InChI is InChI=1S/C18H27NO2/c1-2-9-18(19,15-6-4-3-5-7-15)16-8-11-21-17(13-16)10-12-20-14-17/h3-7,16H,2,8-14,19H2,1H3. The zero-order valence-corrected chi connectivity index (χ0v) is 13.0. The van der Waals surface area contributed by atoms with E-state index in [-0.39, 0.29) is 11.1 Å². The number of hydrogen-bond acceptors (Lipinski definition) is 3. The van der Waals surface area contributed by atoms with Crippen LogP contribution in [0.2, 0.25) is 0 Å². The SMILES string of the molecule is CCCC(N)(c1ccccc1)C1CCOC2(CCOC2)C1. The molecule has 1 aromatic carbocycles. The van der Waals surface area contributed by atoms with Gasteiger partial charge in [0, 0.05) is 25.2 Å². The second-order valence-electron chi connectivity index (χ2n) is 6.68. The van der Waals surface area contributed by atoms with Crippen LogP contribution in [0.5, 0.6) is 0 Å². The average molecular weight is 289 g/mol. The number of ether oxygens (including phenoxy) is 2. The van der Waals surface area contributed by atoms with E-state index in [4.69, 9.17) is 15.2 Å². The first-order chi connectivity index (χ1) is 10.2. The van der Waals surface area contributed by atoms with Crippen LogP contribution in [0.25, 0.3) is 0 Å². The molecular formula is C18H27NO2. The quantitative estimate of drug-likeness (QED) is 0.925. The van der Waals surface area contributed by atoms with Crippen molar-refractivity contribution in [1.82, 2.24) is 0 Å². The van der Waals surface area contributed by atoms with E-state index in [2.05, 4.69) is 37.3 Å². The van der Waals surface area contributed by atoms with E-state index >= 15 is 0 Å². The second-order valence-corrected chi connectivity index (χ2v) is 6.68. The van der Waals surface area contributed by atoms with E-state index in [9.17, 15) is 0 Å². The molecule has 2 fully saturated rings. The van der Waals surface area contributed by atoms with Crippen molar-refractivity contribution < 1.29 is 9.47 Å². The van der Waals surface area contributed by atoms with Gasteiger partial charge in [-0.1, -0.05) is 43.7 Å². The molecule has 0 aromatic heterocycles. The molecule has 1 spiro atoms. The monoisotopic (exact) mass is 289 g/mol. The van der Waals surface area contributed by atoms with Crippen LogP contribution in [-0.2, 0) is 15.0 Å². The molecule has 3 atom stereocenters. The minimum Gasteiger partial charge on any atom is -0.378 e. The largest absolute Gasteiger partial charge is 0.378 e. The van der Waals surface area contributed by atoms with Gasteiger partial charge in [0.2, 0.25) is 0 Å². The van der Waals surface area contributed by atoms with Crippen molar-refractivity contribution in [3.05, 3.63) is 35.9 Å². The van der Waals surface area contributed by atoms with Gasteiger partial charge in [-0.2, -0.15) is 0 Å². The summed E-state index contributed by atoms with van der Waals surface area (Å²) >= 11 is 0. The van der Waals surface area contributed by atoms with Gasteiger partial charge in [-0.15, -0.1) is 0 Å². The fourth-order valence-corrected chi connectivity index (χ4v) is 4.08. The summed E-state index contributed by atoms with van der Waals surface area (Å²) < 4.78 is 11.7. The van der Waals surface area contributed by atoms with Crippen molar-refractivity contribution in [1.29, 1.82) is 0 Å². The highest BCUT2D eigenvalue weighted by atomic mass is 16.6. The lowest BCUT2D eigenvalue weighted by Gasteiger charge is -2.46. The van der Waals surface area contributed by atoms with Gasteiger partial charge < -0.3 is 15.2 Å². The van der Waals surface area contributed by atoms with E-state index in [0.29, 0.717) is 5.92 Å². The molecule has 0 aliphatic carbocycles. The summed E-state index contributed by atoms with van der Waals surface area (Å²) in [4.78, 5) is 0. The molecule has 0 amide bonds. The average Bonchev–Trinajstić information content (AvgIpc) is 2.96. The van der Waals surface area contributed by atoms with E-state index in [0.717, 1.165) is 51.9 Å². The topological polar surface area (TPSA) is 44.5 Å². The number of hydrogen-bond donors (Lipinski definition) is 1. The lowest BCUT2D eigenvalue weighted by atomic mass is 9.69. The second kappa shape index (κ2) is 6.07. The van der Waals surface area contributed by atoms with Crippen molar-refractivity contribution in [3.8, 4) is 0 Å². The van der Waals surface area contributed by atoms with Crippen molar-refractivity contribution in [2.75, 3.05) is 19.8 Å². The number of rotatable bonds is 4. The van der Waals surface area contributed by atoms with Gasteiger partial charge in [-0.3, -0.25) is 0 Å². The smallest absolute Gasteiger partial charge is 0.0940 e. The molecule has 3 rings (SSSR count). The van der Waals surface area contributed by atoms with Crippen LogP contribution in [0, 0.1) is 5.92 Å². The van der Waals surface area contributed by atoms with E-state index in [1.165, 1.54) is 5.56 Å². The van der Waals surface area contributed by atoms with Gasteiger partial charge in [-0.25, -0.2) is 0 Å². The van der Waals surface area contributed by atoms with Crippen LogP contribution in [0.4, 0.5) is 0 Å². The fraction of sp³-hybridized carbons (Fsp3) is 0.667. The van der Waals surface area contributed by atoms with Gasteiger partial charge >= 0.3 is 0 Å². The molecular weight excluding hydrogens is 262 g/mol. The normalized spacial score (nSPS) is 32.2. The zero-order chi connectivity index (χ0) is 14.8. The van der Waals surface area contributed by atoms with Gasteiger partial charge in [0.05, 0.1) is 12.2 Å². The summed E-state index contributed by atoms with van der Waals surface area (Å²) in [5, 5.41) is 0. The van der Waals surface area contributed by atoms with E-state index in [1.54, 1.807) is 0 Å². The Morgan fingerprint density at radius 1 is 1.29 bits per heavy atom. The Hall–Kier alpha value is -0.900. The summed E-state index contributed by atoms with van der Waals surface area (Å²) in [5.41, 5.74) is 7.92. The summed E-state index contributed by atoms with van der Waals surface area (Å²) in [6.07, 6.45) is 5.22. The van der Waals surface area contributed by atoms with E-state index < -0.39 is 0 Å². The van der Waals surface area contributed by atoms with Crippen molar-refractivity contribution in [2.24, 2.45) is 11.7 Å². The third kappa shape index (κ3) is 2.87. The molecule has 0 radical (unpaired) electrons. The third-order valence-corrected chi connectivity index (χ3v) is 5.26. The Bertz CT molecular complexity index is 456. The van der Waals surface area contributed by atoms with Gasteiger partial charge in [0.15, 0.2) is 0 Å². The molecule has 2 N–H and O–H groups in total. The van der Waals surface area contributed by atoms with Gasteiger partial charge in [0.1, 0.15) is 0 Å². The molecule has 2 saturated heterocycles. The predicted octanol–water partition coefficient (Wildman–Crippen LogP) is 3.23. The minimum absolute atomic E-state index is 0.0734. The van der Waals surface area contributed by atoms with Crippen molar-refractivity contribution in [3.63, 3.8) is 0 Å². The molecule has 21 heavy (non-hydrogen) atoms. The molecule has 116 valence electrons. The molecule has 3 nitrogen and oxygen atoms in total. The molecule has 1 aromatic rings. The molecule has 3 heteroatoms. The van der Waals surface area contributed by atoms with Crippen LogP contribution < -0.4 is 5.73 Å². The lowest BCUT2D eigenvalue weighted by molar-refractivity contribution is -0.111. The fourth-order valence-electron chi connectivity index (χ4n) is 4.08. The highest BCUT2D eigenvalue weighted by Crippen LogP contribution is 2.44. The summed E-state index contributed by atoms with van der Waals surface area (Å²) in [7, 11) is 0. The van der Waals surface area contributed by atoms with Crippen LogP contribution in [0.3, 0.4) is 0 Å². The zero-order valence-electron chi connectivity index (χ0n) is 13.0. The molecule has 0 saturated carbocycles. The first kappa shape index (κ1) is 15.0. The van der Waals surface area contributed by atoms with Gasteiger partial charge in [-0.05, 0) is 30.7 Å². The Labute approximate surface area is 127 Å². The molecule has 3 unspecified atom stereocenters. The van der Waals surface area contributed by atoms with Crippen molar-refractivity contribution >= 4 is 0 Å². The Kier molecular flexibility index (Phi) is 4.34. The first-order valence-electron chi connectivity index (χ1n) is 8.25. The summed E-state index contributed by atoms with van der Waals surface area (Å²) in [6.45, 7) is 4.59. The first-order valence-corrected chi connectivity index (χ1v) is 8.25. The van der Waals surface area contributed by atoms with E-state index in [1.807, 2.05) is 0 Å². The van der Waals surface area contributed by atoms with Crippen LogP contribution >= 0.6 is 0 Å². The summed E-state index contributed by atoms with van der Waals surface area (Å²) in [5.74, 6) is 0.468. The van der Waals surface area contributed by atoms with Crippen molar-refractivity contribution in [2.45, 2.75) is 50.2 Å².